The molecule has 0 amide bonds. The summed E-state index contributed by atoms with van der Waals surface area (Å²) < 4.78 is 13.5. The molecule has 0 bridgehead atoms. The van der Waals surface area contributed by atoms with E-state index in [4.69, 9.17) is 0 Å². The second-order valence-electron chi connectivity index (χ2n) is 5.46. The van der Waals surface area contributed by atoms with Gasteiger partial charge in [-0.05, 0) is 49.3 Å². The van der Waals surface area contributed by atoms with Crippen molar-refractivity contribution in [2.45, 2.75) is 39.2 Å². The Balaban J connectivity index is 1.86. The molecule has 0 radical (unpaired) electrons. The zero-order chi connectivity index (χ0) is 12.3. The van der Waals surface area contributed by atoms with E-state index in [-0.39, 0.29) is 5.82 Å². The minimum atomic E-state index is -0.0463. The molecule has 1 aromatic carbocycles. The fraction of sp³-hybridized carbons (Fsp3) is 0.600. The van der Waals surface area contributed by atoms with E-state index in [1.165, 1.54) is 12.8 Å². The molecule has 2 heteroatoms. The summed E-state index contributed by atoms with van der Waals surface area (Å²) in [4.78, 5) is 0. The first kappa shape index (κ1) is 12.6. The van der Waals surface area contributed by atoms with Gasteiger partial charge in [-0.1, -0.05) is 32.0 Å². The highest BCUT2D eigenvalue weighted by Gasteiger charge is 2.30. The fourth-order valence-electron chi connectivity index (χ4n) is 2.51. The van der Waals surface area contributed by atoms with Crippen molar-refractivity contribution in [1.82, 2.24) is 5.32 Å². The third-order valence-corrected chi connectivity index (χ3v) is 3.80. The average molecular weight is 235 g/mol. The zero-order valence-electron chi connectivity index (χ0n) is 10.7. The van der Waals surface area contributed by atoms with Gasteiger partial charge in [-0.2, -0.15) is 0 Å². The summed E-state index contributed by atoms with van der Waals surface area (Å²) in [5.41, 5.74) is 0.881. The first-order valence-corrected chi connectivity index (χ1v) is 6.63. The molecule has 94 valence electrons. The van der Waals surface area contributed by atoms with Crippen molar-refractivity contribution < 1.29 is 4.39 Å². The minimum absolute atomic E-state index is 0.0463. The Labute approximate surface area is 103 Å². The molecule has 2 atom stereocenters. The molecule has 0 aromatic heterocycles. The lowest BCUT2D eigenvalue weighted by atomic mass is 9.70. The largest absolute Gasteiger partial charge is 0.314 e. The Morgan fingerprint density at radius 3 is 2.53 bits per heavy atom. The number of hydrogen-bond donors (Lipinski definition) is 1. The lowest BCUT2D eigenvalue weighted by Gasteiger charge is -2.37. The van der Waals surface area contributed by atoms with E-state index in [0.717, 1.165) is 24.4 Å². The summed E-state index contributed by atoms with van der Waals surface area (Å²) in [6, 6.07) is 7.72. The van der Waals surface area contributed by atoms with Gasteiger partial charge in [0.15, 0.2) is 0 Å². The molecular formula is C15H22FN. The van der Waals surface area contributed by atoms with Crippen LogP contribution in [0.3, 0.4) is 0 Å². The van der Waals surface area contributed by atoms with Gasteiger partial charge < -0.3 is 5.32 Å². The van der Waals surface area contributed by atoms with Gasteiger partial charge in [0.05, 0.1) is 0 Å². The Hall–Kier alpha value is -0.890. The van der Waals surface area contributed by atoms with E-state index in [2.05, 4.69) is 19.2 Å². The molecular weight excluding hydrogens is 213 g/mol. The predicted molar refractivity (Wildman–Crippen MR) is 69.5 cm³/mol. The summed E-state index contributed by atoms with van der Waals surface area (Å²) in [5, 5.41) is 3.48. The van der Waals surface area contributed by atoms with Crippen molar-refractivity contribution in [3.05, 3.63) is 35.6 Å². The van der Waals surface area contributed by atoms with Gasteiger partial charge in [0.2, 0.25) is 0 Å². The second kappa shape index (κ2) is 5.63. The standard InChI is InChI=1S/C15H22FN/c1-11(2)17-10-14-8-7-12(14)9-13-5-3-4-6-15(13)16/h3-6,11-12,14,17H,7-10H2,1-2H3. The molecule has 1 aromatic rings. The van der Waals surface area contributed by atoms with Crippen molar-refractivity contribution in [2.75, 3.05) is 6.54 Å². The smallest absolute Gasteiger partial charge is 0.126 e. The van der Waals surface area contributed by atoms with E-state index in [1.54, 1.807) is 12.1 Å². The highest BCUT2D eigenvalue weighted by Crippen LogP contribution is 2.36. The van der Waals surface area contributed by atoms with Crippen LogP contribution < -0.4 is 5.32 Å². The van der Waals surface area contributed by atoms with Crippen LogP contribution in [-0.2, 0) is 6.42 Å². The maximum atomic E-state index is 13.5. The lowest BCUT2D eigenvalue weighted by molar-refractivity contribution is 0.166. The van der Waals surface area contributed by atoms with Crippen molar-refractivity contribution in [1.29, 1.82) is 0 Å². The highest BCUT2D eigenvalue weighted by atomic mass is 19.1. The van der Waals surface area contributed by atoms with E-state index in [0.29, 0.717) is 12.0 Å². The molecule has 1 saturated carbocycles. The number of benzene rings is 1. The van der Waals surface area contributed by atoms with Crippen LogP contribution in [0.4, 0.5) is 4.39 Å². The Morgan fingerprint density at radius 1 is 1.24 bits per heavy atom. The van der Waals surface area contributed by atoms with Crippen LogP contribution in [0.15, 0.2) is 24.3 Å². The molecule has 0 heterocycles. The number of nitrogens with one attached hydrogen (secondary N) is 1. The third-order valence-electron chi connectivity index (χ3n) is 3.80. The first-order chi connectivity index (χ1) is 8.16. The Morgan fingerprint density at radius 2 is 1.94 bits per heavy atom. The molecule has 0 aliphatic heterocycles. The van der Waals surface area contributed by atoms with E-state index >= 15 is 0 Å². The van der Waals surface area contributed by atoms with Crippen LogP contribution in [0, 0.1) is 17.7 Å². The van der Waals surface area contributed by atoms with Crippen molar-refractivity contribution in [3.8, 4) is 0 Å². The number of hydrogen-bond acceptors (Lipinski definition) is 1. The summed E-state index contributed by atoms with van der Waals surface area (Å²) in [5.74, 6) is 1.35. The first-order valence-electron chi connectivity index (χ1n) is 6.63. The van der Waals surface area contributed by atoms with E-state index in [9.17, 15) is 4.39 Å². The normalized spacial score (nSPS) is 23.8. The number of rotatable bonds is 5. The van der Waals surface area contributed by atoms with Crippen molar-refractivity contribution in [2.24, 2.45) is 11.8 Å². The minimum Gasteiger partial charge on any atom is -0.314 e. The maximum absolute atomic E-state index is 13.5. The molecule has 17 heavy (non-hydrogen) atoms. The second-order valence-corrected chi connectivity index (χ2v) is 5.46. The highest BCUT2D eigenvalue weighted by molar-refractivity contribution is 5.18. The predicted octanol–water partition coefficient (Wildman–Crippen LogP) is 3.39. The molecule has 2 rings (SSSR count). The molecule has 1 aliphatic carbocycles. The van der Waals surface area contributed by atoms with Crippen LogP contribution >= 0.6 is 0 Å². The summed E-state index contributed by atoms with van der Waals surface area (Å²) in [6.45, 7) is 5.42. The van der Waals surface area contributed by atoms with Gasteiger partial charge in [-0.25, -0.2) is 4.39 Å². The van der Waals surface area contributed by atoms with Crippen molar-refractivity contribution in [3.63, 3.8) is 0 Å². The topological polar surface area (TPSA) is 12.0 Å². The van der Waals surface area contributed by atoms with Crippen LogP contribution in [0.25, 0.3) is 0 Å². The third kappa shape index (κ3) is 3.29. The van der Waals surface area contributed by atoms with E-state index < -0.39 is 0 Å². The van der Waals surface area contributed by atoms with Gasteiger partial charge in [0, 0.05) is 6.04 Å². The van der Waals surface area contributed by atoms with Gasteiger partial charge in [-0.15, -0.1) is 0 Å². The Bertz CT molecular complexity index is 362. The lowest BCUT2D eigenvalue weighted by Crippen LogP contribution is -2.38. The summed E-state index contributed by atoms with van der Waals surface area (Å²) in [7, 11) is 0. The van der Waals surface area contributed by atoms with E-state index in [1.807, 2.05) is 12.1 Å². The molecule has 1 N–H and O–H groups in total. The SMILES string of the molecule is CC(C)NCC1CCC1Cc1ccccc1F. The maximum Gasteiger partial charge on any atom is 0.126 e. The van der Waals surface area contributed by atoms with Crippen LogP contribution in [0.5, 0.6) is 0 Å². The van der Waals surface area contributed by atoms with Gasteiger partial charge >= 0.3 is 0 Å². The van der Waals surface area contributed by atoms with Crippen LogP contribution in [0.1, 0.15) is 32.3 Å². The quantitative estimate of drug-likeness (QED) is 0.825. The van der Waals surface area contributed by atoms with Gasteiger partial charge in [0.25, 0.3) is 0 Å². The summed E-state index contributed by atoms with van der Waals surface area (Å²) in [6.07, 6.45) is 3.44. The molecule has 1 fully saturated rings. The van der Waals surface area contributed by atoms with Gasteiger partial charge in [0.1, 0.15) is 5.82 Å². The Kier molecular flexibility index (Phi) is 4.16. The fourth-order valence-corrected chi connectivity index (χ4v) is 2.51. The molecule has 1 aliphatic rings. The van der Waals surface area contributed by atoms with Crippen LogP contribution in [0.2, 0.25) is 0 Å². The number of halogens is 1. The van der Waals surface area contributed by atoms with Crippen LogP contribution in [-0.4, -0.2) is 12.6 Å². The molecule has 1 nitrogen and oxygen atoms in total. The molecule has 0 saturated heterocycles. The molecule has 2 unspecified atom stereocenters. The van der Waals surface area contributed by atoms with Crippen molar-refractivity contribution >= 4 is 0 Å². The average Bonchev–Trinajstić information content (AvgIpc) is 2.26. The monoisotopic (exact) mass is 235 g/mol. The molecule has 0 spiro atoms. The summed E-state index contributed by atoms with van der Waals surface area (Å²) >= 11 is 0. The zero-order valence-corrected chi connectivity index (χ0v) is 10.7. The van der Waals surface area contributed by atoms with Gasteiger partial charge in [-0.3, -0.25) is 0 Å².